The molecule has 2 aromatic carbocycles. The first kappa shape index (κ1) is 35.5. The van der Waals surface area contributed by atoms with Gasteiger partial charge in [0.2, 0.25) is 11.8 Å². The van der Waals surface area contributed by atoms with Gasteiger partial charge in [0.15, 0.2) is 0 Å². The summed E-state index contributed by atoms with van der Waals surface area (Å²) in [7, 11) is 1.51. The summed E-state index contributed by atoms with van der Waals surface area (Å²) in [5, 5.41) is 13.7. The Bertz CT molecular complexity index is 1650. The molecule has 6 rings (SSSR count). The number of aliphatic hydroxyl groups is 1. The Morgan fingerprint density at radius 2 is 1.72 bits per heavy atom. The summed E-state index contributed by atoms with van der Waals surface area (Å²) >= 11 is 0. The predicted molar refractivity (Wildman–Crippen MR) is 186 cm³/mol. The Morgan fingerprint density at radius 1 is 1.00 bits per heavy atom. The molecule has 3 amide bonds. The molecule has 8 atom stereocenters. The number of nitrogens with zero attached hydrogens (tertiary/aromatic N) is 2. The van der Waals surface area contributed by atoms with Crippen molar-refractivity contribution in [2.24, 2.45) is 17.8 Å². The largest absolute Gasteiger partial charge is 0.455 e. The molecule has 1 spiro atoms. The van der Waals surface area contributed by atoms with Gasteiger partial charge in [0, 0.05) is 25.8 Å². The van der Waals surface area contributed by atoms with Gasteiger partial charge in [-0.15, -0.1) is 0 Å². The van der Waals surface area contributed by atoms with Crippen LogP contribution >= 0.6 is 0 Å². The van der Waals surface area contributed by atoms with Crippen molar-refractivity contribution in [2.45, 2.75) is 76.5 Å². The molecule has 4 heterocycles. The number of cyclic esters (lactones) is 1. The number of likely N-dealkylation sites (tertiary alicyclic amines) is 1. The van der Waals surface area contributed by atoms with E-state index in [2.05, 4.69) is 5.32 Å². The average Bonchev–Trinajstić information content (AvgIpc) is 3.47. The minimum atomic E-state index is -1.54. The molecule has 11 nitrogen and oxygen atoms in total. The molecule has 4 aliphatic rings. The number of anilines is 1. The number of hydrogen-bond donors (Lipinski definition) is 2. The smallest absolute Gasteiger partial charge is 0.313 e. The number of fused-ring (bicyclic) bond motifs is 2. The van der Waals surface area contributed by atoms with Gasteiger partial charge in [-0.3, -0.25) is 19.2 Å². The summed E-state index contributed by atoms with van der Waals surface area (Å²) in [4.78, 5) is 60.8. The lowest BCUT2D eigenvalue weighted by atomic mass is 9.77. The zero-order valence-electron chi connectivity index (χ0n) is 29.3. The molecule has 0 saturated carbocycles. The van der Waals surface area contributed by atoms with Crippen LogP contribution in [0.25, 0.3) is 0 Å². The lowest BCUT2D eigenvalue weighted by molar-refractivity contribution is -0.163. The number of carbonyl (C=O) groups excluding carboxylic acids is 4. The van der Waals surface area contributed by atoms with Gasteiger partial charge < -0.3 is 34.4 Å². The lowest BCUT2D eigenvalue weighted by Crippen LogP contribution is -2.59. The van der Waals surface area contributed by atoms with Crippen LogP contribution in [0.4, 0.5) is 5.69 Å². The molecule has 50 heavy (non-hydrogen) atoms. The van der Waals surface area contributed by atoms with Crippen molar-refractivity contribution in [2.75, 3.05) is 31.8 Å². The Kier molecular flexibility index (Phi) is 10.3. The topological polar surface area (TPSA) is 135 Å². The van der Waals surface area contributed by atoms with Crippen LogP contribution in [0.5, 0.6) is 0 Å². The summed E-state index contributed by atoms with van der Waals surface area (Å²) in [6.45, 7) is 7.58. The molecule has 4 aliphatic heterocycles. The number of aryl methyl sites for hydroxylation is 2. The fourth-order valence-corrected chi connectivity index (χ4v) is 8.24. The van der Waals surface area contributed by atoms with Crippen LogP contribution in [-0.2, 0) is 33.4 Å². The maximum atomic E-state index is 15.0. The van der Waals surface area contributed by atoms with Gasteiger partial charge in [0.1, 0.15) is 23.7 Å². The Morgan fingerprint density at radius 3 is 2.38 bits per heavy atom. The summed E-state index contributed by atoms with van der Waals surface area (Å²) in [6.07, 6.45) is 5.76. The van der Waals surface area contributed by atoms with Gasteiger partial charge in [-0.25, -0.2) is 0 Å². The quantitative estimate of drug-likeness (QED) is 0.334. The number of carbonyl (C=O) groups is 4. The molecular formula is C39H47N3O8. The number of amides is 3. The first-order valence-corrected chi connectivity index (χ1v) is 17.4. The molecule has 11 heteroatoms. The summed E-state index contributed by atoms with van der Waals surface area (Å²) < 4.78 is 18.7. The number of rotatable bonds is 7. The standard InChI is InChI=1S/C39H47N3O8/c1-23(2)28(21-43)42-35-37(46)41(33-24(3)13-11-14-25(33)4)20-12-19-39(35)32(36(42)45)31-29(50-39)17-9-10-18-30(44)40-27(22-48-5)34(49-38(31)47)26-15-7-6-8-16-26/h6-9,11-17,19,23,27-29,31-32,34-35,43H,10,18,20-22H2,1-5H3,(H,40,44)/b17-9-/t27-,28-,29-,31+,32+,34-,35-,39+/m0/s1. The van der Waals surface area contributed by atoms with E-state index in [1.165, 1.54) is 12.0 Å². The van der Waals surface area contributed by atoms with E-state index in [0.29, 0.717) is 12.0 Å². The maximum absolute atomic E-state index is 15.0. The Hall–Kier alpha value is -4.32. The van der Waals surface area contributed by atoms with E-state index in [0.717, 1.165) is 16.8 Å². The number of ether oxygens (including phenoxy) is 3. The fraction of sp³-hybridized carbons (Fsp3) is 0.487. The van der Waals surface area contributed by atoms with Crippen molar-refractivity contribution >= 4 is 29.4 Å². The normalized spacial score (nSPS) is 31.2. The minimum absolute atomic E-state index is 0.0686. The van der Waals surface area contributed by atoms with Crippen LogP contribution in [0.2, 0.25) is 0 Å². The number of nitrogens with one attached hydrogen (secondary N) is 1. The number of para-hydroxylation sites is 1. The van der Waals surface area contributed by atoms with E-state index in [1.54, 1.807) is 23.1 Å². The van der Waals surface area contributed by atoms with Crippen molar-refractivity contribution in [3.8, 4) is 0 Å². The number of aliphatic hydroxyl groups excluding tert-OH is 1. The van der Waals surface area contributed by atoms with Gasteiger partial charge in [-0.05, 0) is 42.9 Å². The highest BCUT2D eigenvalue weighted by atomic mass is 16.6. The minimum Gasteiger partial charge on any atom is -0.455 e. The first-order valence-electron chi connectivity index (χ1n) is 17.4. The fourth-order valence-electron chi connectivity index (χ4n) is 8.24. The zero-order valence-corrected chi connectivity index (χ0v) is 29.3. The third kappa shape index (κ3) is 6.16. The van der Waals surface area contributed by atoms with E-state index in [1.807, 2.05) is 82.3 Å². The molecule has 2 N–H and O–H groups in total. The van der Waals surface area contributed by atoms with E-state index < -0.39 is 59.6 Å². The van der Waals surface area contributed by atoms with Crippen molar-refractivity contribution < 1.29 is 38.5 Å². The Labute approximate surface area is 293 Å². The van der Waals surface area contributed by atoms with Crippen LogP contribution in [0, 0.1) is 31.6 Å². The highest BCUT2D eigenvalue weighted by molar-refractivity contribution is 6.06. The van der Waals surface area contributed by atoms with Crippen molar-refractivity contribution in [3.63, 3.8) is 0 Å². The highest BCUT2D eigenvalue weighted by Crippen LogP contribution is 2.54. The maximum Gasteiger partial charge on any atom is 0.313 e. The van der Waals surface area contributed by atoms with Crippen molar-refractivity contribution in [1.82, 2.24) is 10.2 Å². The third-order valence-corrected chi connectivity index (χ3v) is 10.5. The lowest BCUT2D eigenvalue weighted by Gasteiger charge is -2.40. The number of allylic oxidation sites excluding steroid dienone is 1. The molecule has 0 aromatic heterocycles. The van der Waals surface area contributed by atoms with Crippen LogP contribution in [0.1, 0.15) is 49.5 Å². The summed E-state index contributed by atoms with van der Waals surface area (Å²) in [5.41, 5.74) is 1.66. The monoisotopic (exact) mass is 685 g/mol. The third-order valence-electron chi connectivity index (χ3n) is 10.5. The van der Waals surface area contributed by atoms with E-state index >= 15 is 4.79 Å². The van der Waals surface area contributed by atoms with Gasteiger partial charge >= 0.3 is 5.97 Å². The second-order valence-electron chi connectivity index (χ2n) is 14.0. The number of methoxy groups -OCH3 is 1. The van der Waals surface area contributed by atoms with Crippen molar-refractivity contribution in [3.05, 3.63) is 89.5 Å². The second kappa shape index (κ2) is 14.5. The average molecular weight is 686 g/mol. The highest BCUT2D eigenvalue weighted by Gasteiger charge is 2.73. The van der Waals surface area contributed by atoms with Crippen LogP contribution < -0.4 is 10.2 Å². The van der Waals surface area contributed by atoms with Crippen LogP contribution in [0.15, 0.2) is 72.8 Å². The van der Waals surface area contributed by atoms with Crippen LogP contribution in [0.3, 0.4) is 0 Å². The number of hydrogen-bond acceptors (Lipinski definition) is 8. The zero-order chi connectivity index (χ0) is 35.7. The molecular weight excluding hydrogens is 638 g/mol. The molecule has 0 radical (unpaired) electrons. The SMILES string of the molecule is COC[C@@H]1NC(=O)CC/C=C\[C@@H]2O[C@@]34C=CCN(c5c(C)cccc5C)C(=O)[C@@H]3N([C@@H](CO)C(C)C)C(=O)[C@H]4[C@@H]2C(=O)O[C@H]1c1ccccc1. The Balaban J connectivity index is 1.49. The van der Waals surface area contributed by atoms with E-state index in [4.69, 9.17) is 14.2 Å². The predicted octanol–water partition coefficient (Wildman–Crippen LogP) is 3.57. The van der Waals surface area contributed by atoms with Gasteiger partial charge in [0.05, 0.1) is 37.3 Å². The number of esters is 1. The molecule has 2 fully saturated rings. The molecule has 0 aliphatic carbocycles. The molecule has 2 aromatic rings. The number of benzene rings is 2. The van der Waals surface area contributed by atoms with Gasteiger partial charge in [-0.1, -0.05) is 86.7 Å². The van der Waals surface area contributed by atoms with Crippen molar-refractivity contribution in [1.29, 1.82) is 0 Å². The van der Waals surface area contributed by atoms with Gasteiger partial charge in [-0.2, -0.15) is 0 Å². The summed E-state index contributed by atoms with van der Waals surface area (Å²) in [5.74, 6) is -4.20. The van der Waals surface area contributed by atoms with Gasteiger partial charge in [0.25, 0.3) is 5.91 Å². The molecule has 0 bridgehead atoms. The van der Waals surface area contributed by atoms with E-state index in [-0.39, 0.29) is 43.9 Å². The summed E-state index contributed by atoms with van der Waals surface area (Å²) in [6, 6.07) is 12.3. The molecule has 0 unspecified atom stereocenters. The first-order chi connectivity index (χ1) is 24.0. The molecule has 266 valence electrons. The van der Waals surface area contributed by atoms with E-state index in [9.17, 15) is 19.5 Å². The molecule has 2 saturated heterocycles. The second-order valence-corrected chi connectivity index (χ2v) is 14.0. The van der Waals surface area contributed by atoms with Crippen LogP contribution in [-0.4, -0.2) is 90.4 Å².